The van der Waals surface area contributed by atoms with E-state index in [4.69, 9.17) is 4.74 Å². The molecule has 3 nitrogen and oxygen atoms in total. The number of ether oxygens (including phenoxy) is 1. The lowest BCUT2D eigenvalue weighted by Crippen LogP contribution is -2.40. The van der Waals surface area contributed by atoms with Gasteiger partial charge in [0.05, 0.1) is 0 Å². The van der Waals surface area contributed by atoms with Gasteiger partial charge in [0.1, 0.15) is 11.5 Å². The van der Waals surface area contributed by atoms with Gasteiger partial charge in [-0.3, -0.25) is 0 Å². The molecule has 2 aromatic carbocycles. The minimum Gasteiger partial charge on any atom is -0.476 e. The maximum atomic E-state index is 9.54. The highest BCUT2D eigenvalue weighted by Crippen LogP contribution is 2.43. The van der Waals surface area contributed by atoms with Crippen molar-refractivity contribution in [3.8, 4) is 0 Å². The van der Waals surface area contributed by atoms with Gasteiger partial charge in [-0.2, -0.15) is 0 Å². The summed E-state index contributed by atoms with van der Waals surface area (Å²) in [7, 11) is 0. The molecule has 0 saturated carbocycles. The van der Waals surface area contributed by atoms with Gasteiger partial charge in [-0.1, -0.05) is 71.7 Å². The van der Waals surface area contributed by atoms with Crippen LogP contribution in [0.3, 0.4) is 0 Å². The second-order valence-corrected chi connectivity index (χ2v) is 7.06. The second-order valence-electron chi connectivity index (χ2n) is 7.06. The minimum absolute atomic E-state index is 0.294. The molecule has 3 heteroatoms. The van der Waals surface area contributed by atoms with Gasteiger partial charge in [0.25, 0.3) is 0 Å². The van der Waals surface area contributed by atoms with Crippen molar-refractivity contribution in [2.24, 2.45) is 11.1 Å². The summed E-state index contributed by atoms with van der Waals surface area (Å²) in [6.45, 7) is 8.13. The number of rotatable bonds is 3. The topological polar surface area (TPSA) is 41.8 Å². The number of hydrogen-bond acceptors (Lipinski definition) is 3. The number of nitrogens with zero attached hydrogens (tertiary/aromatic N) is 1. The summed E-state index contributed by atoms with van der Waals surface area (Å²) in [6.07, 6.45) is 2.89. The van der Waals surface area contributed by atoms with Crippen molar-refractivity contribution in [2.75, 3.05) is 0 Å². The van der Waals surface area contributed by atoms with E-state index < -0.39 is 5.60 Å². The highest BCUT2D eigenvalue weighted by atomic mass is 16.5. The lowest BCUT2D eigenvalue weighted by Gasteiger charge is -2.40. The molecule has 1 aliphatic rings. The molecule has 1 aliphatic heterocycles. The summed E-state index contributed by atoms with van der Waals surface area (Å²) in [5.41, 5.74) is 4.27. The third-order valence-electron chi connectivity index (χ3n) is 4.92. The van der Waals surface area contributed by atoms with Gasteiger partial charge in [0.2, 0.25) is 0 Å². The van der Waals surface area contributed by atoms with E-state index in [1.807, 2.05) is 6.92 Å². The van der Waals surface area contributed by atoms with E-state index in [0.717, 1.165) is 23.3 Å². The standard InChI is InChI=1S/C22H25NO2/c1-15-5-9-19(10-6-15)21-13-17(3)14-22(25-21,18(4)23-24)20-11-7-16(2)8-12-20/h5-13,17,24H,14H2,1-4H3/b23-18+. The second kappa shape index (κ2) is 6.75. The first kappa shape index (κ1) is 17.3. The Bertz CT molecular complexity index is 803. The van der Waals surface area contributed by atoms with Crippen molar-refractivity contribution >= 4 is 11.5 Å². The third-order valence-corrected chi connectivity index (χ3v) is 4.92. The van der Waals surface area contributed by atoms with E-state index in [-0.39, 0.29) is 0 Å². The van der Waals surface area contributed by atoms with Crippen molar-refractivity contribution in [3.63, 3.8) is 0 Å². The molecule has 25 heavy (non-hydrogen) atoms. The Morgan fingerprint density at radius 2 is 1.60 bits per heavy atom. The van der Waals surface area contributed by atoms with Crippen LogP contribution >= 0.6 is 0 Å². The maximum absolute atomic E-state index is 9.54. The van der Waals surface area contributed by atoms with Gasteiger partial charge in [-0.15, -0.1) is 0 Å². The van der Waals surface area contributed by atoms with Crippen LogP contribution in [0.5, 0.6) is 0 Å². The van der Waals surface area contributed by atoms with Crippen LogP contribution in [0.15, 0.2) is 59.8 Å². The molecule has 0 amide bonds. The largest absolute Gasteiger partial charge is 0.476 e. The predicted octanol–water partition coefficient (Wildman–Crippen LogP) is 5.45. The number of oxime groups is 1. The first-order valence-electron chi connectivity index (χ1n) is 8.69. The molecule has 130 valence electrons. The van der Waals surface area contributed by atoms with Gasteiger partial charge >= 0.3 is 0 Å². The van der Waals surface area contributed by atoms with Crippen LogP contribution in [0.1, 0.15) is 42.5 Å². The predicted molar refractivity (Wildman–Crippen MR) is 102 cm³/mol. The van der Waals surface area contributed by atoms with Crippen LogP contribution in [0.25, 0.3) is 5.76 Å². The average molecular weight is 335 g/mol. The molecular weight excluding hydrogens is 310 g/mol. The Balaban J connectivity index is 2.09. The summed E-state index contributed by atoms with van der Waals surface area (Å²) in [4.78, 5) is 0. The van der Waals surface area contributed by atoms with E-state index in [2.05, 4.69) is 80.5 Å². The summed E-state index contributed by atoms with van der Waals surface area (Å²) >= 11 is 0. The van der Waals surface area contributed by atoms with Gasteiger partial charge in [0, 0.05) is 17.5 Å². The molecule has 2 atom stereocenters. The fourth-order valence-corrected chi connectivity index (χ4v) is 3.42. The van der Waals surface area contributed by atoms with E-state index in [1.165, 1.54) is 11.1 Å². The third kappa shape index (κ3) is 3.32. The number of hydrogen-bond donors (Lipinski definition) is 1. The van der Waals surface area contributed by atoms with Crippen molar-refractivity contribution in [1.82, 2.24) is 0 Å². The van der Waals surface area contributed by atoms with Crippen LogP contribution in [0, 0.1) is 19.8 Å². The van der Waals surface area contributed by atoms with Crippen molar-refractivity contribution in [3.05, 3.63) is 76.9 Å². The fourth-order valence-electron chi connectivity index (χ4n) is 3.42. The fraction of sp³-hybridized carbons (Fsp3) is 0.318. The molecule has 2 unspecified atom stereocenters. The smallest absolute Gasteiger partial charge is 0.175 e. The van der Waals surface area contributed by atoms with Crippen LogP contribution in [0.2, 0.25) is 0 Å². The summed E-state index contributed by atoms with van der Waals surface area (Å²) in [6, 6.07) is 16.6. The molecule has 0 spiro atoms. The Labute approximate surface area is 149 Å². The first-order valence-corrected chi connectivity index (χ1v) is 8.69. The average Bonchev–Trinajstić information content (AvgIpc) is 2.61. The molecule has 1 N–H and O–H groups in total. The lowest BCUT2D eigenvalue weighted by atomic mass is 9.79. The van der Waals surface area contributed by atoms with Crippen LogP contribution < -0.4 is 0 Å². The molecule has 0 saturated heterocycles. The maximum Gasteiger partial charge on any atom is 0.175 e. The Hall–Kier alpha value is -2.55. The van der Waals surface area contributed by atoms with Crippen molar-refractivity contribution in [2.45, 2.75) is 39.7 Å². The minimum atomic E-state index is -0.753. The van der Waals surface area contributed by atoms with Gasteiger partial charge in [-0.25, -0.2) is 0 Å². The van der Waals surface area contributed by atoms with E-state index in [9.17, 15) is 5.21 Å². The van der Waals surface area contributed by atoms with E-state index in [1.54, 1.807) is 0 Å². The van der Waals surface area contributed by atoms with Gasteiger partial charge in [-0.05, 0) is 32.8 Å². The Kier molecular flexibility index (Phi) is 4.67. The first-order chi connectivity index (χ1) is 11.9. The normalized spacial score (nSPS) is 23.8. The molecular formula is C22H25NO2. The zero-order valence-electron chi connectivity index (χ0n) is 15.3. The van der Waals surface area contributed by atoms with Crippen LogP contribution in [-0.4, -0.2) is 10.9 Å². The van der Waals surface area contributed by atoms with Crippen molar-refractivity contribution in [1.29, 1.82) is 0 Å². The zero-order chi connectivity index (χ0) is 18.0. The molecule has 2 aromatic rings. The highest BCUT2D eigenvalue weighted by molar-refractivity contribution is 5.92. The molecule has 0 aliphatic carbocycles. The Morgan fingerprint density at radius 3 is 2.16 bits per heavy atom. The number of aryl methyl sites for hydroxylation is 2. The summed E-state index contributed by atoms with van der Waals surface area (Å²) in [5.74, 6) is 1.13. The van der Waals surface area contributed by atoms with Crippen LogP contribution in [-0.2, 0) is 10.3 Å². The quantitative estimate of drug-likeness (QED) is 0.460. The Morgan fingerprint density at radius 1 is 1.04 bits per heavy atom. The monoisotopic (exact) mass is 335 g/mol. The highest BCUT2D eigenvalue weighted by Gasteiger charge is 2.43. The van der Waals surface area contributed by atoms with Crippen LogP contribution in [0.4, 0.5) is 0 Å². The molecule has 1 heterocycles. The van der Waals surface area contributed by atoms with Crippen molar-refractivity contribution < 1.29 is 9.94 Å². The molecule has 0 fully saturated rings. The molecule has 3 rings (SSSR count). The summed E-state index contributed by atoms with van der Waals surface area (Å²) < 4.78 is 6.52. The lowest BCUT2D eigenvalue weighted by molar-refractivity contribution is 0.0684. The van der Waals surface area contributed by atoms with E-state index >= 15 is 0 Å². The molecule has 0 radical (unpaired) electrons. The SMILES string of the molecule is C/C(=N\O)C1(c2ccc(C)cc2)CC(C)C=C(c2ccc(C)cc2)O1. The van der Waals surface area contributed by atoms with Gasteiger partial charge in [0.15, 0.2) is 5.60 Å². The number of allylic oxidation sites excluding steroid dienone is 1. The molecule has 0 bridgehead atoms. The van der Waals surface area contributed by atoms with E-state index in [0.29, 0.717) is 11.6 Å². The summed E-state index contributed by atoms with van der Waals surface area (Å²) in [5, 5.41) is 13.1. The number of benzene rings is 2. The molecule has 0 aromatic heterocycles. The zero-order valence-corrected chi connectivity index (χ0v) is 15.3. The van der Waals surface area contributed by atoms with Gasteiger partial charge < -0.3 is 9.94 Å².